The molecule has 0 saturated heterocycles. The summed E-state index contributed by atoms with van der Waals surface area (Å²) >= 11 is 13.2. The van der Waals surface area contributed by atoms with Gasteiger partial charge in [-0.05, 0) is 60.3 Å². The Bertz CT molecular complexity index is 1180. The van der Waals surface area contributed by atoms with Crippen LogP contribution in [-0.4, -0.2) is 29.3 Å². The molecule has 1 N–H and O–H groups in total. The summed E-state index contributed by atoms with van der Waals surface area (Å²) in [5.41, 5.74) is 0.604. The summed E-state index contributed by atoms with van der Waals surface area (Å²) in [6, 6.07) is 11.2. The predicted molar refractivity (Wildman–Crippen MR) is 131 cm³/mol. The van der Waals surface area contributed by atoms with Crippen molar-refractivity contribution >= 4 is 52.2 Å². The minimum Gasteiger partial charge on any atom is -0.497 e. The fraction of sp³-hybridized carbons (Fsp3) is 0.292. The first-order valence-corrected chi connectivity index (χ1v) is 12.3. The molecule has 6 nitrogen and oxygen atoms in total. The lowest BCUT2D eigenvalue weighted by Gasteiger charge is -2.32. The van der Waals surface area contributed by atoms with Gasteiger partial charge in [0.2, 0.25) is 5.91 Å². The lowest BCUT2D eigenvalue weighted by atomic mass is 10.0. The summed E-state index contributed by atoms with van der Waals surface area (Å²) < 4.78 is 23.7. The molecular formula is C24H22Cl2FN3O3S. The van der Waals surface area contributed by atoms with Crippen molar-refractivity contribution in [3.8, 4) is 5.75 Å². The lowest BCUT2D eigenvalue weighted by molar-refractivity contribution is -0.123. The van der Waals surface area contributed by atoms with Crippen LogP contribution in [0.1, 0.15) is 47.8 Å². The van der Waals surface area contributed by atoms with Crippen molar-refractivity contribution in [3.05, 3.63) is 75.0 Å². The largest absolute Gasteiger partial charge is 0.497 e. The van der Waals surface area contributed by atoms with Gasteiger partial charge in [0.1, 0.15) is 27.0 Å². The highest BCUT2D eigenvalue weighted by Crippen LogP contribution is 2.36. The van der Waals surface area contributed by atoms with Crippen LogP contribution in [0.2, 0.25) is 9.36 Å². The van der Waals surface area contributed by atoms with E-state index in [9.17, 15) is 14.0 Å². The highest BCUT2D eigenvalue weighted by atomic mass is 35.5. The number of methoxy groups -OCH3 is 1. The van der Waals surface area contributed by atoms with Crippen LogP contribution in [0.15, 0.2) is 48.5 Å². The molecule has 3 aromatic rings. The molecule has 2 aromatic carbocycles. The van der Waals surface area contributed by atoms with Crippen molar-refractivity contribution in [1.29, 1.82) is 0 Å². The van der Waals surface area contributed by atoms with Gasteiger partial charge in [0, 0.05) is 11.7 Å². The fourth-order valence-electron chi connectivity index (χ4n) is 4.07. The third-order valence-electron chi connectivity index (χ3n) is 5.74. The quantitative estimate of drug-likeness (QED) is 0.411. The van der Waals surface area contributed by atoms with Crippen molar-refractivity contribution in [2.45, 2.75) is 37.8 Å². The Labute approximate surface area is 210 Å². The van der Waals surface area contributed by atoms with E-state index in [0.29, 0.717) is 11.3 Å². The topological polar surface area (TPSA) is 71.5 Å². The smallest absolute Gasteiger partial charge is 0.280 e. The fourth-order valence-corrected chi connectivity index (χ4v) is 5.06. The maximum absolute atomic E-state index is 14.3. The van der Waals surface area contributed by atoms with Crippen molar-refractivity contribution in [2.75, 3.05) is 12.0 Å². The van der Waals surface area contributed by atoms with E-state index in [-0.39, 0.29) is 32.7 Å². The van der Waals surface area contributed by atoms with Gasteiger partial charge in [0.25, 0.3) is 5.91 Å². The van der Waals surface area contributed by atoms with E-state index in [1.807, 2.05) is 0 Å². The van der Waals surface area contributed by atoms with Crippen molar-refractivity contribution in [2.24, 2.45) is 0 Å². The first-order valence-electron chi connectivity index (χ1n) is 10.7. The summed E-state index contributed by atoms with van der Waals surface area (Å²) in [5.74, 6) is -1.01. The zero-order chi connectivity index (χ0) is 24.2. The molecule has 10 heteroatoms. The van der Waals surface area contributed by atoms with Crippen LogP contribution in [0.25, 0.3) is 0 Å². The second kappa shape index (κ2) is 10.7. The number of aromatic nitrogens is 1. The molecule has 1 aromatic heterocycles. The number of carbonyl (C=O) groups is 2. The molecule has 178 valence electrons. The Hall–Kier alpha value is -2.68. The van der Waals surface area contributed by atoms with Crippen LogP contribution < -0.4 is 15.0 Å². The monoisotopic (exact) mass is 521 g/mol. The molecule has 2 amide bonds. The zero-order valence-corrected chi connectivity index (χ0v) is 20.6. The second-order valence-corrected chi connectivity index (χ2v) is 9.69. The molecule has 1 aliphatic carbocycles. The highest BCUT2D eigenvalue weighted by Gasteiger charge is 2.37. The number of halogens is 3. The van der Waals surface area contributed by atoms with E-state index in [0.717, 1.165) is 37.2 Å². The van der Waals surface area contributed by atoms with Gasteiger partial charge in [-0.15, -0.1) is 0 Å². The molecule has 0 bridgehead atoms. The highest BCUT2D eigenvalue weighted by molar-refractivity contribution is 7.11. The third kappa shape index (κ3) is 5.19. The number of rotatable bonds is 7. The number of carbonyl (C=O) groups excluding carboxylic acids is 2. The van der Waals surface area contributed by atoms with E-state index < -0.39 is 17.8 Å². The van der Waals surface area contributed by atoms with Crippen LogP contribution in [0.4, 0.5) is 10.1 Å². The number of hydrogen-bond acceptors (Lipinski definition) is 5. The summed E-state index contributed by atoms with van der Waals surface area (Å²) in [7, 11) is 1.54. The van der Waals surface area contributed by atoms with Gasteiger partial charge in [-0.2, -0.15) is 4.37 Å². The average molecular weight is 522 g/mol. The summed E-state index contributed by atoms with van der Waals surface area (Å²) in [4.78, 5) is 28.7. The molecule has 4 rings (SSSR count). The molecule has 1 heterocycles. The van der Waals surface area contributed by atoms with Crippen LogP contribution >= 0.6 is 34.7 Å². The Morgan fingerprint density at radius 3 is 2.47 bits per heavy atom. The summed E-state index contributed by atoms with van der Waals surface area (Å²) in [6.07, 6.45) is 3.78. The van der Waals surface area contributed by atoms with Gasteiger partial charge in [-0.3, -0.25) is 14.5 Å². The SMILES string of the molecule is COc1ccc([C@@H](C(=O)NC2CCCC2)N(C(=O)c2nsc(Cl)c2Cl)c2cccc(F)c2)cc1. The molecule has 1 aliphatic rings. The average Bonchev–Trinajstić information content (AvgIpc) is 3.46. The summed E-state index contributed by atoms with van der Waals surface area (Å²) in [5, 5.41) is 3.05. The molecule has 1 saturated carbocycles. The third-order valence-corrected chi connectivity index (χ3v) is 7.36. The van der Waals surface area contributed by atoms with Gasteiger partial charge >= 0.3 is 0 Å². The molecule has 1 fully saturated rings. The number of hydrogen-bond donors (Lipinski definition) is 1. The van der Waals surface area contributed by atoms with E-state index >= 15 is 0 Å². The van der Waals surface area contributed by atoms with Crippen molar-refractivity contribution in [3.63, 3.8) is 0 Å². The summed E-state index contributed by atoms with van der Waals surface area (Å²) in [6.45, 7) is 0. The number of benzene rings is 2. The zero-order valence-electron chi connectivity index (χ0n) is 18.3. The van der Waals surface area contributed by atoms with Crippen LogP contribution in [0, 0.1) is 5.82 Å². The maximum atomic E-state index is 14.3. The second-order valence-electron chi connectivity index (χ2n) is 7.94. The van der Waals surface area contributed by atoms with E-state index in [1.54, 1.807) is 30.3 Å². The first-order chi connectivity index (χ1) is 16.4. The predicted octanol–water partition coefficient (Wildman–Crippen LogP) is 6.04. The standard InChI is InChI=1S/C24H22Cl2FN3O3S/c1-33-18-11-9-14(10-12-18)21(23(31)28-16-6-2-3-7-16)30(17-8-4-5-15(27)13-17)24(32)20-19(25)22(26)34-29-20/h4-5,8-13,16,21H,2-3,6-7H2,1H3,(H,28,31)/t21-/m0/s1. The Kier molecular flexibility index (Phi) is 7.70. The van der Waals surface area contributed by atoms with E-state index in [1.165, 1.54) is 30.2 Å². The molecule has 1 atom stereocenters. The lowest BCUT2D eigenvalue weighted by Crippen LogP contribution is -2.46. The molecule has 0 spiro atoms. The Morgan fingerprint density at radius 2 is 1.88 bits per heavy atom. The minimum atomic E-state index is -1.11. The molecule has 0 aliphatic heterocycles. The first kappa shape index (κ1) is 24.4. The molecule has 0 unspecified atom stereocenters. The van der Waals surface area contributed by atoms with Gasteiger partial charge in [0.05, 0.1) is 7.11 Å². The normalized spacial score (nSPS) is 14.6. The van der Waals surface area contributed by atoms with Gasteiger partial charge in [-0.25, -0.2) is 4.39 Å². The molecule has 0 radical (unpaired) electrons. The van der Waals surface area contributed by atoms with Gasteiger partial charge < -0.3 is 10.1 Å². The molecule has 34 heavy (non-hydrogen) atoms. The Balaban J connectivity index is 1.84. The number of ether oxygens (including phenoxy) is 1. The van der Waals surface area contributed by atoms with Gasteiger partial charge in [0.15, 0.2) is 5.69 Å². The van der Waals surface area contributed by atoms with Crippen molar-refractivity contribution < 1.29 is 18.7 Å². The number of nitrogens with one attached hydrogen (secondary N) is 1. The van der Waals surface area contributed by atoms with Crippen LogP contribution in [0.3, 0.4) is 0 Å². The number of nitrogens with zero attached hydrogens (tertiary/aromatic N) is 2. The number of amides is 2. The van der Waals surface area contributed by atoms with Crippen LogP contribution in [0.5, 0.6) is 5.75 Å². The van der Waals surface area contributed by atoms with E-state index in [4.69, 9.17) is 27.9 Å². The number of anilines is 1. The van der Waals surface area contributed by atoms with Crippen LogP contribution in [-0.2, 0) is 4.79 Å². The van der Waals surface area contributed by atoms with Crippen molar-refractivity contribution in [1.82, 2.24) is 9.69 Å². The van der Waals surface area contributed by atoms with E-state index in [2.05, 4.69) is 9.69 Å². The van der Waals surface area contributed by atoms with Gasteiger partial charge in [-0.1, -0.05) is 54.2 Å². The maximum Gasteiger partial charge on any atom is 0.280 e. The minimum absolute atomic E-state index is 0.00927. The Morgan fingerprint density at radius 1 is 1.18 bits per heavy atom. The molecular weight excluding hydrogens is 500 g/mol.